The Balaban J connectivity index is 0.993. The van der Waals surface area contributed by atoms with Crippen molar-refractivity contribution in [2.75, 3.05) is 4.90 Å². The third-order valence-corrected chi connectivity index (χ3v) is 17.0. The quantitative estimate of drug-likeness (QED) is 0.163. The summed E-state index contributed by atoms with van der Waals surface area (Å²) in [5.74, 6) is 2.98. The lowest BCUT2D eigenvalue weighted by atomic mass is 9.38. The van der Waals surface area contributed by atoms with Crippen molar-refractivity contribution in [3.63, 3.8) is 0 Å². The van der Waals surface area contributed by atoms with Gasteiger partial charge in [-0.25, -0.2) is 0 Å². The van der Waals surface area contributed by atoms with Crippen LogP contribution in [0.1, 0.15) is 37.7 Å². The Morgan fingerprint density at radius 2 is 1.22 bits per heavy atom. The van der Waals surface area contributed by atoms with Crippen molar-refractivity contribution >= 4 is 81.1 Å². The summed E-state index contributed by atoms with van der Waals surface area (Å²) in [6.45, 7) is 0. The summed E-state index contributed by atoms with van der Waals surface area (Å²) in [4.78, 5) is 2.53. The van der Waals surface area contributed by atoms with Crippen LogP contribution in [-0.2, 0) is 5.41 Å². The Morgan fingerprint density at radius 1 is 0.525 bits per heavy atom. The Morgan fingerprint density at radius 3 is 2.00 bits per heavy atom. The molecular formula is C56H42N2S. The molecule has 4 fully saturated rings. The van der Waals surface area contributed by atoms with Crippen LogP contribution in [-0.4, -0.2) is 4.57 Å². The van der Waals surface area contributed by atoms with Gasteiger partial charge in [-0.15, -0.1) is 11.3 Å². The summed E-state index contributed by atoms with van der Waals surface area (Å²) in [5, 5.41) is 7.69. The predicted molar refractivity (Wildman–Crippen MR) is 249 cm³/mol. The summed E-state index contributed by atoms with van der Waals surface area (Å²) in [5.41, 5.74) is 12.3. The van der Waals surface area contributed by atoms with Crippen LogP contribution in [0.15, 0.2) is 176 Å². The van der Waals surface area contributed by atoms with E-state index in [1.54, 1.807) is 5.56 Å². The zero-order valence-electron chi connectivity index (χ0n) is 32.8. The van der Waals surface area contributed by atoms with E-state index in [9.17, 15) is 0 Å². The summed E-state index contributed by atoms with van der Waals surface area (Å²) in [6.07, 6.45) is 7.23. The lowest BCUT2D eigenvalue weighted by Gasteiger charge is -2.66. The first-order chi connectivity index (χ1) is 29.1. The first kappa shape index (κ1) is 32.8. The van der Waals surface area contributed by atoms with Gasteiger partial charge in [0.2, 0.25) is 0 Å². The number of hydrogen-bond acceptors (Lipinski definition) is 2. The van der Waals surface area contributed by atoms with Crippen LogP contribution in [0.4, 0.5) is 17.1 Å². The van der Waals surface area contributed by atoms with Gasteiger partial charge >= 0.3 is 0 Å². The molecule has 4 saturated carbocycles. The van der Waals surface area contributed by atoms with Crippen molar-refractivity contribution in [1.82, 2.24) is 4.57 Å². The van der Waals surface area contributed by atoms with E-state index in [2.05, 4.69) is 185 Å². The van der Waals surface area contributed by atoms with Crippen molar-refractivity contribution in [1.29, 1.82) is 0 Å². The second-order valence-corrected chi connectivity index (χ2v) is 19.4. The van der Waals surface area contributed by atoms with E-state index in [0.717, 1.165) is 23.4 Å². The lowest BCUT2D eigenvalue weighted by molar-refractivity contribution is -0.175. The highest BCUT2D eigenvalue weighted by Gasteiger charge is 2.77. The molecule has 2 heterocycles. The number of aromatic nitrogens is 1. The fourth-order valence-electron chi connectivity index (χ4n) is 13.4. The van der Waals surface area contributed by atoms with Crippen molar-refractivity contribution in [3.05, 3.63) is 181 Å². The van der Waals surface area contributed by atoms with Gasteiger partial charge in [-0.1, -0.05) is 115 Å². The van der Waals surface area contributed by atoms with E-state index in [1.165, 1.54) is 113 Å². The highest BCUT2D eigenvalue weighted by molar-refractivity contribution is 7.25. The van der Waals surface area contributed by atoms with Crippen LogP contribution in [0.5, 0.6) is 0 Å². The summed E-state index contributed by atoms with van der Waals surface area (Å²) < 4.78 is 5.19. The first-order valence-electron chi connectivity index (χ1n) is 21.6. The van der Waals surface area contributed by atoms with Gasteiger partial charge in [0.1, 0.15) is 0 Å². The Hall–Kier alpha value is -6.16. The van der Waals surface area contributed by atoms with E-state index in [4.69, 9.17) is 0 Å². The normalized spacial score (nSPS) is 23.9. The van der Waals surface area contributed by atoms with Gasteiger partial charge in [-0.3, -0.25) is 0 Å². The Bertz CT molecular complexity index is 3320. The summed E-state index contributed by atoms with van der Waals surface area (Å²) in [7, 11) is 0. The van der Waals surface area contributed by atoms with Crippen LogP contribution in [0.2, 0.25) is 0 Å². The highest BCUT2D eigenvalue weighted by Crippen LogP contribution is 2.84. The SMILES string of the molecule is c1ccc(-c2ccc(N(c3ccc(C45CC6CC7CC(C4)C76C5)cc3)c3cccc4c3c3ccc5ccccc5c3n4-c3ccc4sc5ccccc5c4c3)cc2)cc1. The second-order valence-electron chi connectivity index (χ2n) is 18.3. The molecule has 2 atom stereocenters. The summed E-state index contributed by atoms with van der Waals surface area (Å²) in [6, 6.07) is 66.3. The first-order valence-corrected chi connectivity index (χ1v) is 22.4. The topological polar surface area (TPSA) is 8.17 Å². The van der Waals surface area contributed by atoms with Gasteiger partial charge in [0.05, 0.1) is 16.7 Å². The zero-order chi connectivity index (χ0) is 38.5. The standard InChI is InChI=1S/C56H42N2S/c1-2-9-35(10-3-1)36-17-22-42(23-18-36)57(43-24-20-38(21-25-43)55-32-40-29-39-30-41(33-55)56(39,40)34-55)49-14-8-15-50-53(49)47-27-19-37-11-4-5-12-45(37)54(47)58(50)44-26-28-52-48(31-44)46-13-6-7-16-51(46)59-52/h1-28,31,39-41H,29-30,32-34H2. The highest BCUT2D eigenvalue weighted by atomic mass is 32.1. The van der Waals surface area contributed by atoms with Crippen LogP contribution in [0.25, 0.3) is 69.6 Å². The van der Waals surface area contributed by atoms with Crippen molar-refractivity contribution < 1.29 is 0 Å². The van der Waals surface area contributed by atoms with Crippen molar-refractivity contribution in [2.24, 2.45) is 23.2 Å². The average Bonchev–Trinajstić information content (AvgIpc) is 4.02. The van der Waals surface area contributed by atoms with Gasteiger partial charge in [0.15, 0.2) is 0 Å². The van der Waals surface area contributed by atoms with Crippen LogP contribution in [0.3, 0.4) is 0 Å². The van der Waals surface area contributed by atoms with Gasteiger partial charge in [-0.2, -0.15) is 0 Å². The Kier molecular flexibility index (Phi) is 6.52. The molecule has 2 nitrogen and oxygen atoms in total. The predicted octanol–water partition coefficient (Wildman–Crippen LogP) is 15.5. The van der Waals surface area contributed by atoms with Gasteiger partial charge < -0.3 is 9.47 Å². The molecule has 14 rings (SSSR count). The maximum Gasteiger partial charge on any atom is 0.0620 e. The minimum atomic E-state index is 0.380. The number of fused-ring (bicyclic) bond motifs is 9. The number of anilines is 3. The van der Waals surface area contributed by atoms with Crippen molar-refractivity contribution in [2.45, 2.75) is 37.5 Å². The van der Waals surface area contributed by atoms with E-state index < -0.39 is 0 Å². The Labute approximate surface area is 348 Å². The molecule has 8 aromatic carbocycles. The third kappa shape index (κ3) is 4.36. The molecule has 0 aliphatic heterocycles. The van der Waals surface area contributed by atoms with E-state index in [-0.39, 0.29) is 0 Å². The minimum Gasteiger partial charge on any atom is -0.310 e. The zero-order valence-corrected chi connectivity index (χ0v) is 33.6. The molecule has 0 N–H and O–H groups in total. The van der Waals surface area contributed by atoms with E-state index >= 15 is 0 Å². The number of benzene rings is 8. The molecule has 4 aliphatic carbocycles. The van der Waals surface area contributed by atoms with Crippen molar-refractivity contribution in [3.8, 4) is 16.8 Å². The maximum atomic E-state index is 2.54. The van der Waals surface area contributed by atoms with Gasteiger partial charge in [-0.05, 0) is 143 Å². The molecule has 3 heteroatoms. The number of hydrogen-bond donors (Lipinski definition) is 0. The molecule has 2 aromatic heterocycles. The van der Waals surface area contributed by atoms with Crippen LogP contribution < -0.4 is 4.90 Å². The smallest absolute Gasteiger partial charge is 0.0620 e. The average molecular weight is 775 g/mol. The van der Waals surface area contributed by atoms with Crippen LogP contribution >= 0.6 is 11.3 Å². The summed E-state index contributed by atoms with van der Waals surface area (Å²) >= 11 is 1.88. The molecular weight excluding hydrogens is 733 g/mol. The molecule has 2 unspecified atom stereocenters. The minimum absolute atomic E-state index is 0.380. The fraction of sp³-hybridized carbons (Fsp3) is 0.179. The molecule has 2 bridgehead atoms. The molecule has 282 valence electrons. The molecule has 1 spiro atoms. The molecule has 59 heavy (non-hydrogen) atoms. The fourth-order valence-corrected chi connectivity index (χ4v) is 14.4. The molecule has 0 saturated heterocycles. The van der Waals surface area contributed by atoms with Crippen LogP contribution in [0, 0.1) is 23.2 Å². The van der Waals surface area contributed by atoms with E-state index in [0.29, 0.717) is 10.8 Å². The number of thiophene rings is 1. The molecule has 0 amide bonds. The maximum absolute atomic E-state index is 2.54. The number of nitrogens with zero attached hydrogens (tertiary/aromatic N) is 2. The van der Waals surface area contributed by atoms with E-state index in [1.807, 2.05) is 11.3 Å². The second kappa shape index (κ2) is 11.7. The molecule has 4 aliphatic rings. The van der Waals surface area contributed by atoms with Gasteiger partial charge in [0, 0.05) is 53.4 Å². The lowest BCUT2D eigenvalue weighted by Crippen LogP contribution is -2.59. The monoisotopic (exact) mass is 774 g/mol. The van der Waals surface area contributed by atoms with Gasteiger partial charge in [0.25, 0.3) is 0 Å². The molecule has 0 radical (unpaired) electrons. The number of rotatable bonds is 6. The largest absolute Gasteiger partial charge is 0.310 e. The molecule has 10 aromatic rings. The third-order valence-electron chi connectivity index (χ3n) is 15.8.